The highest BCUT2D eigenvalue weighted by Gasteiger charge is 2.25. The van der Waals surface area contributed by atoms with Crippen molar-refractivity contribution < 1.29 is 9.59 Å². The molecule has 2 amide bonds. The van der Waals surface area contributed by atoms with Crippen molar-refractivity contribution in [3.05, 3.63) is 92.8 Å². The molecule has 2 aromatic carbocycles. The number of benzene rings is 2. The monoisotopic (exact) mass is 536 g/mol. The number of aryl methyl sites for hydroxylation is 2. The summed E-state index contributed by atoms with van der Waals surface area (Å²) in [7, 11) is 3.88. The van der Waals surface area contributed by atoms with Gasteiger partial charge in [-0.2, -0.15) is 0 Å². The molecule has 10 heteroatoms. The average molecular weight is 537 g/mol. The molecule has 2 aromatic heterocycles. The molecule has 0 aliphatic carbocycles. The lowest BCUT2D eigenvalue weighted by atomic mass is 10.0. The number of amides is 2. The largest absolute Gasteiger partial charge is 0.331 e. The zero-order valence-electron chi connectivity index (χ0n) is 21.2. The standard InChI is InChI=1S/C27H29ClN6O2S/c1-5-19-14-21(25(35)20-11-6-7-12-22(20)28)26(37-19)34-23(31-32-24(34)16-33(3)4)15-29-27(36)30-18-10-8-9-17(2)13-18/h6-14H,5,15-16H2,1-4H3,(H2,29,30,36). The minimum atomic E-state index is -0.359. The number of ketones is 1. The molecular weight excluding hydrogens is 508 g/mol. The fourth-order valence-electron chi connectivity index (χ4n) is 3.87. The average Bonchev–Trinajstić information content (AvgIpc) is 3.45. The highest BCUT2D eigenvalue weighted by atomic mass is 35.5. The van der Waals surface area contributed by atoms with Crippen LogP contribution in [0.25, 0.3) is 5.00 Å². The van der Waals surface area contributed by atoms with Crippen molar-refractivity contribution in [3.63, 3.8) is 0 Å². The molecule has 37 heavy (non-hydrogen) atoms. The van der Waals surface area contributed by atoms with E-state index >= 15 is 0 Å². The summed E-state index contributed by atoms with van der Waals surface area (Å²) in [5.41, 5.74) is 2.71. The molecule has 0 atom stereocenters. The number of hydrogen-bond donors (Lipinski definition) is 2. The van der Waals surface area contributed by atoms with Crippen molar-refractivity contribution in [1.82, 2.24) is 25.0 Å². The molecule has 2 N–H and O–H groups in total. The van der Waals surface area contributed by atoms with Gasteiger partial charge in [-0.3, -0.25) is 9.36 Å². The van der Waals surface area contributed by atoms with E-state index in [-0.39, 0.29) is 18.4 Å². The summed E-state index contributed by atoms with van der Waals surface area (Å²) in [6.45, 7) is 4.63. The highest BCUT2D eigenvalue weighted by Crippen LogP contribution is 2.32. The molecule has 4 aromatic rings. The minimum absolute atomic E-state index is 0.122. The van der Waals surface area contributed by atoms with E-state index < -0.39 is 0 Å². The lowest BCUT2D eigenvalue weighted by Gasteiger charge is -2.14. The van der Waals surface area contributed by atoms with Crippen LogP contribution in [-0.4, -0.2) is 45.6 Å². The van der Waals surface area contributed by atoms with Gasteiger partial charge in [-0.25, -0.2) is 4.79 Å². The van der Waals surface area contributed by atoms with Gasteiger partial charge in [-0.05, 0) is 63.3 Å². The number of rotatable bonds is 9. The van der Waals surface area contributed by atoms with Crippen LogP contribution < -0.4 is 10.6 Å². The number of aromatic nitrogens is 3. The first-order chi connectivity index (χ1) is 17.8. The van der Waals surface area contributed by atoms with Crippen LogP contribution in [0.1, 0.15) is 44.9 Å². The Morgan fingerprint density at radius 2 is 1.78 bits per heavy atom. The molecular formula is C27H29ClN6O2S. The number of halogens is 1. The maximum absolute atomic E-state index is 13.6. The van der Waals surface area contributed by atoms with Crippen molar-refractivity contribution in [2.45, 2.75) is 33.4 Å². The Labute approximate surface area is 225 Å². The van der Waals surface area contributed by atoms with Gasteiger partial charge in [-0.15, -0.1) is 21.5 Å². The van der Waals surface area contributed by atoms with E-state index in [0.717, 1.165) is 16.9 Å². The lowest BCUT2D eigenvalue weighted by Crippen LogP contribution is -2.29. The van der Waals surface area contributed by atoms with Crippen LogP contribution >= 0.6 is 22.9 Å². The number of hydrogen-bond acceptors (Lipinski definition) is 6. The van der Waals surface area contributed by atoms with Crippen molar-refractivity contribution in [1.29, 1.82) is 0 Å². The number of nitrogens with zero attached hydrogens (tertiary/aromatic N) is 4. The smallest absolute Gasteiger partial charge is 0.319 e. The van der Waals surface area contributed by atoms with Gasteiger partial charge < -0.3 is 15.5 Å². The van der Waals surface area contributed by atoms with E-state index in [1.807, 2.05) is 67.7 Å². The number of anilines is 1. The molecule has 0 radical (unpaired) electrons. The molecule has 0 saturated heterocycles. The second-order valence-corrected chi connectivity index (χ2v) is 10.4. The van der Waals surface area contributed by atoms with Crippen LogP contribution in [0.15, 0.2) is 54.6 Å². The summed E-state index contributed by atoms with van der Waals surface area (Å²) in [5, 5.41) is 15.6. The van der Waals surface area contributed by atoms with Gasteiger partial charge in [0.1, 0.15) is 5.00 Å². The quantitative estimate of drug-likeness (QED) is 0.277. The first kappa shape index (κ1) is 26.5. The van der Waals surface area contributed by atoms with E-state index in [9.17, 15) is 9.59 Å². The Hall–Kier alpha value is -3.53. The summed E-state index contributed by atoms with van der Waals surface area (Å²) >= 11 is 7.88. The van der Waals surface area contributed by atoms with Gasteiger partial charge in [0.25, 0.3) is 0 Å². The molecule has 0 aliphatic rings. The van der Waals surface area contributed by atoms with E-state index in [4.69, 9.17) is 11.6 Å². The van der Waals surface area contributed by atoms with Gasteiger partial charge >= 0.3 is 6.03 Å². The summed E-state index contributed by atoms with van der Waals surface area (Å²) in [6, 6.07) is 16.1. The molecule has 192 valence electrons. The van der Waals surface area contributed by atoms with Gasteiger partial charge in [0, 0.05) is 16.1 Å². The third kappa shape index (κ3) is 6.25. The first-order valence-electron chi connectivity index (χ1n) is 11.9. The third-order valence-corrected chi connectivity index (χ3v) is 7.21. The van der Waals surface area contributed by atoms with Crippen LogP contribution in [-0.2, 0) is 19.5 Å². The van der Waals surface area contributed by atoms with Crippen molar-refractivity contribution in [2.75, 3.05) is 19.4 Å². The topological polar surface area (TPSA) is 92.2 Å². The van der Waals surface area contributed by atoms with Gasteiger partial charge in [0.05, 0.1) is 23.7 Å². The molecule has 0 fully saturated rings. The zero-order chi connectivity index (χ0) is 26.5. The summed E-state index contributed by atoms with van der Waals surface area (Å²) in [4.78, 5) is 29.3. The Balaban J connectivity index is 1.69. The number of thiophene rings is 1. The summed E-state index contributed by atoms with van der Waals surface area (Å²) in [5.74, 6) is 1.02. The molecule has 0 aliphatic heterocycles. The fraction of sp³-hybridized carbons (Fsp3) is 0.259. The normalized spacial score (nSPS) is 11.1. The molecule has 0 saturated carbocycles. The second-order valence-electron chi connectivity index (χ2n) is 8.88. The van der Waals surface area contributed by atoms with Crippen LogP contribution in [0.4, 0.5) is 10.5 Å². The van der Waals surface area contributed by atoms with Gasteiger partial charge in [0.15, 0.2) is 17.4 Å². The molecule has 8 nitrogen and oxygen atoms in total. The Kier molecular flexibility index (Phi) is 8.38. The first-order valence-corrected chi connectivity index (χ1v) is 13.1. The van der Waals surface area contributed by atoms with Crippen LogP contribution in [0.5, 0.6) is 0 Å². The number of nitrogens with one attached hydrogen (secondary N) is 2. The van der Waals surface area contributed by atoms with Crippen molar-refractivity contribution in [3.8, 4) is 5.00 Å². The zero-order valence-corrected chi connectivity index (χ0v) is 22.8. The second kappa shape index (κ2) is 11.7. The van der Waals surface area contributed by atoms with Gasteiger partial charge in [-0.1, -0.05) is 42.8 Å². The molecule has 2 heterocycles. The molecule has 4 rings (SSSR count). The summed E-state index contributed by atoms with van der Waals surface area (Å²) < 4.78 is 1.88. The maximum atomic E-state index is 13.6. The van der Waals surface area contributed by atoms with E-state index in [0.29, 0.717) is 45.0 Å². The number of carbonyl (C=O) groups is 2. The Morgan fingerprint density at radius 1 is 1.03 bits per heavy atom. The maximum Gasteiger partial charge on any atom is 0.319 e. The minimum Gasteiger partial charge on any atom is -0.331 e. The lowest BCUT2D eigenvalue weighted by molar-refractivity contribution is 0.103. The number of urea groups is 1. The predicted molar refractivity (Wildman–Crippen MR) is 148 cm³/mol. The van der Waals surface area contributed by atoms with E-state index in [1.54, 1.807) is 24.3 Å². The van der Waals surface area contributed by atoms with E-state index in [1.165, 1.54) is 11.3 Å². The predicted octanol–water partition coefficient (Wildman–Crippen LogP) is 5.47. The molecule has 0 bridgehead atoms. The van der Waals surface area contributed by atoms with Crippen LogP contribution in [0.3, 0.4) is 0 Å². The van der Waals surface area contributed by atoms with E-state index in [2.05, 4.69) is 20.8 Å². The summed E-state index contributed by atoms with van der Waals surface area (Å²) in [6.07, 6.45) is 0.769. The molecule has 0 unspecified atom stereocenters. The highest BCUT2D eigenvalue weighted by molar-refractivity contribution is 7.15. The third-order valence-electron chi connectivity index (χ3n) is 5.62. The SMILES string of the molecule is CCc1cc(C(=O)c2ccccc2Cl)c(-n2c(CNC(=O)Nc3cccc(C)c3)nnc2CN(C)C)s1. The van der Waals surface area contributed by atoms with Gasteiger partial charge in [0.2, 0.25) is 0 Å². The van der Waals surface area contributed by atoms with Crippen molar-refractivity contribution >= 4 is 40.4 Å². The van der Waals surface area contributed by atoms with Crippen LogP contribution in [0.2, 0.25) is 5.02 Å². The van der Waals surface area contributed by atoms with Crippen molar-refractivity contribution in [2.24, 2.45) is 0 Å². The molecule has 0 spiro atoms. The van der Waals surface area contributed by atoms with Crippen LogP contribution in [0, 0.1) is 6.92 Å². The fourth-order valence-corrected chi connectivity index (χ4v) is 5.22. The number of carbonyl (C=O) groups excluding carboxylic acids is 2. The Bertz CT molecular complexity index is 1430. The Morgan fingerprint density at radius 3 is 2.49 bits per heavy atom.